The van der Waals surface area contributed by atoms with Gasteiger partial charge in [0.15, 0.2) is 23.0 Å². The average molecular weight is 686 g/mol. The van der Waals surface area contributed by atoms with Crippen LogP contribution in [0.15, 0.2) is 42.5 Å². The third-order valence-electron chi connectivity index (χ3n) is 8.58. The molecule has 0 amide bonds. The van der Waals surface area contributed by atoms with Gasteiger partial charge in [-0.15, -0.1) is 0 Å². The Morgan fingerprint density at radius 1 is 1.00 bits per heavy atom. The summed E-state index contributed by atoms with van der Waals surface area (Å²) < 4.78 is 34.0. The maximum absolute atomic E-state index is 13.5. The Morgan fingerprint density at radius 3 is 2.39 bits per heavy atom. The topological polar surface area (TPSA) is 223 Å². The Morgan fingerprint density at radius 2 is 1.73 bits per heavy atom. The molecule has 264 valence electrons. The van der Waals surface area contributed by atoms with Crippen LogP contribution < -0.4 is 24.3 Å². The maximum Gasteiger partial charge on any atom is 0.342 e. The number of phenolic OH excluding ortho intramolecular Hbond substituents is 2. The summed E-state index contributed by atoms with van der Waals surface area (Å²) in [7, 11) is 2.53. The molecule has 0 unspecified atom stereocenters. The molecular weight excluding hydrogens is 646 g/mol. The number of aliphatic hydroxyl groups is 3. The van der Waals surface area contributed by atoms with Crippen molar-refractivity contribution in [3.8, 4) is 34.5 Å². The molecule has 7 N–H and O–H groups in total. The molecule has 5 atom stereocenters. The van der Waals surface area contributed by atoms with E-state index >= 15 is 0 Å². The van der Waals surface area contributed by atoms with Crippen molar-refractivity contribution in [2.75, 3.05) is 39.3 Å². The van der Waals surface area contributed by atoms with Crippen LogP contribution in [0.5, 0.6) is 34.5 Å². The van der Waals surface area contributed by atoms with Crippen LogP contribution in [0.3, 0.4) is 0 Å². The molecule has 3 aromatic carbocycles. The Balaban J connectivity index is 1.45. The maximum atomic E-state index is 13.5. The smallest absolute Gasteiger partial charge is 0.342 e. The van der Waals surface area contributed by atoms with Gasteiger partial charge in [-0.05, 0) is 25.3 Å². The van der Waals surface area contributed by atoms with Gasteiger partial charge in [-0.25, -0.2) is 9.59 Å². The lowest BCUT2D eigenvalue weighted by Crippen LogP contribution is -2.67. The number of carboxylic acids is 1. The van der Waals surface area contributed by atoms with Gasteiger partial charge in [0.05, 0.1) is 32.1 Å². The van der Waals surface area contributed by atoms with Gasteiger partial charge in [-0.2, -0.15) is 0 Å². The van der Waals surface area contributed by atoms with E-state index in [1.165, 1.54) is 26.4 Å². The first kappa shape index (κ1) is 35.3. The van der Waals surface area contributed by atoms with Crippen molar-refractivity contribution >= 4 is 17.6 Å². The first-order chi connectivity index (χ1) is 23.5. The van der Waals surface area contributed by atoms with Crippen LogP contribution in [-0.4, -0.2) is 107 Å². The molecule has 0 bridgehead atoms. The van der Waals surface area contributed by atoms with Crippen molar-refractivity contribution in [3.05, 3.63) is 64.7 Å². The van der Waals surface area contributed by atoms with E-state index in [9.17, 15) is 40.2 Å². The molecular formula is C34H39NO14. The predicted molar refractivity (Wildman–Crippen MR) is 171 cm³/mol. The summed E-state index contributed by atoms with van der Waals surface area (Å²) in [5, 5.41) is 67.9. The van der Waals surface area contributed by atoms with Crippen LogP contribution in [0.2, 0.25) is 0 Å². The van der Waals surface area contributed by atoms with Gasteiger partial charge in [0, 0.05) is 30.7 Å². The van der Waals surface area contributed by atoms with E-state index in [2.05, 4.69) is 5.32 Å². The molecule has 3 aromatic rings. The summed E-state index contributed by atoms with van der Waals surface area (Å²) in [5.74, 6) is -4.18. The van der Waals surface area contributed by atoms with E-state index in [-0.39, 0.29) is 64.8 Å². The molecule has 2 aliphatic heterocycles. The number of carbonyl (C=O) groups is 2. The summed E-state index contributed by atoms with van der Waals surface area (Å²) in [5.41, 5.74) is -1.17. The van der Waals surface area contributed by atoms with Gasteiger partial charge < -0.3 is 64.4 Å². The normalized spacial score (nSPS) is 23.4. The van der Waals surface area contributed by atoms with Crippen LogP contribution in [0.25, 0.3) is 0 Å². The molecule has 1 spiro atoms. The molecule has 0 radical (unpaired) electrons. The molecule has 49 heavy (non-hydrogen) atoms. The molecule has 0 aromatic heterocycles. The number of rotatable bonds is 11. The number of fused-ring (bicyclic) bond motifs is 1. The van der Waals surface area contributed by atoms with Crippen LogP contribution >= 0.6 is 0 Å². The summed E-state index contributed by atoms with van der Waals surface area (Å²) in [6, 6.07) is 11.9. The second-order valence-electron chi connectivity index (χ2n) is 11.6. The van der Waals surface area contributed by atoms with E-state index in [1.807, 2.05) is 30.3 Å². The Labute approximate surface area is 281 Å². The zero-order valence-corrected chi connectivity index (χ0v) is 27.0. The minimum Gasteiger partial charge on any atom is -0.504 e. The Hall–Kier alpha value is -4.96. The van der Waals surface area contributed by atoms with Gasteiger partial charge in [0.1, 0.15) is 36.1 Å². The number of aromatic hydroxyl groups is 2. The van der Waals surface area contributed by atoms with Crippen LogP contribution in [-0.2, 0) is 22.3 Å². The molecule has 1 saturated heterocycles. The second-order valence-corrected chi connectivity index (χ2v) is 11.6. The fourth-order valence-corrected chi connectivity index (χ4v) is 6.03. The number of aliphatic hydroxyl groups excluding tert-OH is 3. The molecule has 1 fully saturated rings. The lowest BCUT2D eigenvalue weighted by molar-refractivity contribution is -0.320. The lowest BCUT2D eigenvalue weighted by atomic mass is 9.81. The summed E-state index contributed by atoms with van der Waals surface area (Å²) in [4.78, 5) is 25.3. The van der Waals surface area contributed by atoms with Gasteiger partial charge in [-0.1, -0.05) is 30.3 Å². The number of ether oxygens (including phenoxy) is 6. The molecule has 2 aliphatic rings. The highest BCUT2D eigenvalue weighted by Crippen LogP contribution is 2.51. The van der Waals surface area contributed by atoms with Crippen molar-refractivity contribution < 1.29 is 68.6 Å². The number of aromatic carboxylic acids is 1. The molecule has 0 aliphatic carbocycles. The zero-order chi connectivity index (χ0) is 35.5. The van der Waals surface area contributed by atoms with Gasteiger partial charge in [0.2, 0.25) is 17.8 Å². The summed E-state index contributed by atoms with van der Waals surface area (Å²) >= 11 is 0. The number of carboxylic acid groups (broad SMARTS) is 1. The van der Waals surface area contributed by atoms with Gasteiger partial charge >= 0.3 is 11.9 Å². The fraction of sp³-hybridized carbons (Fsp3) is 0.412. The summed E-state index contributed by atoms with van der Waals surface area (Å²) in [6.45, 7) is 1.52. The van der Waals surface area contributed by atoms with Crippen molar-refractivity contribution in [2.24, 2.45) is 0 Å². The fourth-order valence-electron chi connectivity index (χ4n) is 6.03. The highest BCUT2D eigenvalue weighted by atomic mass is 16.7. The minimum absolute atomic E-state index is 0.0204. The predicted octanol–water partition coefficient (Wildman–Crippen LogP) is 2.23. The van der Waals surface area contributed by atoms with E-state index in [0.29, 0.717) is 13.0 Å². The Kier molecular flexibility index (Phi) is 10.6. The number of hydrogen-bond acceptors (Lipinski definition) is 14. The first-order valence-corrected chi connectivity index (χ1v) is 15.5. The standard InChI is InChI=1S/C34H39NO14/c1-4-35-20-15-22(21(44-2)14-19(20)31(41)42)48-33-26(38)25(37)30(40)34(49-33)12-10-18-23(32(43)47-16-34)24(36)29(27(39)28(18)45-3)46-13-11-17-8-6-5-7-9-17/h5-9,14-15,25-26,30,33,35-40H,4,10-13,16H2,1-3H3,(H,41,42)/t25-,26-,30+,33-,34-/m1/s1. The van der Waals surface area contributed by atoms with E-state index in [4.69, 9.17) is 28.4 Å². The number of hydrogen-bond donors (Lipinski definition) is 7. The first-order valence-electron chi connectivity index (χ1n) is 15.5. The van der Waals surface area contributed by atoms with E-state index in [1.54, 1.807) is 6.92 Å². The average Bonchev–Trinajstić information content (AvgIpc) is 3.08. The van der Waals surface area contributed by atoms with Crippen LogP contribution in [0.4, 0.5) is 5.69 Å². The number of phenols is 2. The number of anilines is 1. The van der Waals surface area contributed by atoms with Gasteiger partial charge in [-0.3, -0.25) is 0 Å². The molecule has 2 heterocycles. The molecule has 15 heteroatoms. The lowest BCUT2D eigenvalue weighted by Gasteiger charge is -2.48. The Bertz CT molecular complexity index is 1680. The van der Waals surface area contributed by atoms with E-state index < -0.39 is 60.2 Å². The van der Waals surface area contributed by atoms with Crippen LogP contribution in [0.1, 0.15) is 45.2 Å². The quantitative estimate of drug-likeness (QED) is 0.144. The highest BCUT2D eigenvalue weighted by Gasteiger charge is 2.56. The largest absolute Gasteiger partial charge is 0.504 e. The van der Waals surface area contributed by atoms with Crippen molar-refractivity contribution in [1.82, 2.24) is 0 Å². The van der Waals surface area contributed by atoms with E-state index in [0.717, 1.165) is 5.56 Å². The number of methoxy groups -OCH3 is 2. The molecule has 5 rings (SSSR count). The number of esters is 1. The highest BCUT2D eigenvalue weighted by molar-refractivity contribution is 5.97. The SMILES string of the molecule is CCNc1cc(O[C@@H]2O[C@@]3(CCc4c(OC)c(O)c(OCCc5ccccc5)c(O)c4C(=O)OC3)[C@@H](O)[C@H](O)[C@H]2O)c(OC)cc1C(=O)O. The number of carbonyl (C=O) groups excluding carboxylic acids is 1. The molecule has 0 saturated carbocycles. The minimum atomic E-state index is -1.88. The monoisotopic (exact) mass is 685 g/mol. The number of cyclic esters (lactones) is 1. The third kappa shape index (κ3) is 6.83. The zero-order valence-electron chi connectivity index (χ0n) is 27.0. The van der Waals surface area contributed by atoms with Crippen molar-refractivity contribution in [1.29, 1.82) is 0 Å². The third-order valence-corrected chi connectivity index (χ3v) is 8.58. The van der Waals surface area contributed by atoms with Gasteiger partial charge in [0.25, 0.3) is 0 Å². The van der Waals surface area contributed by atoms with Crippen molar-refractivity contribution in [2.45, 2.75) is 56.4 Å². The summed E-state index contributed by atoms with van der Waals surface area (Å²) in [6.07, 6.45) is -7.09. The number of nitrogens with one attached hydrogen (secondary N) is 1. The van der Waals surface area contributed by atoms with Crippen LogP contribution in [0, 0.1) is 0 Å². The second kappa shape index (κ2) is 14.7. The number of benzene rings is 3. The molecule has 15 nitrogen and oxygen atoms in total. The van der Waals surface area contributed by atoms with Crippen molar-refractivity contribution in [3.63, 3.8) is 0 Å².